The average Bonchev–Trinajstić information content (AvgIpc) is 3.17. The molecule has 0 aliphatic carbocycles. The molecule has 4 aromatic rings. The van der Waals surface area contributed by atoms with Crippen LogP contribution in [0.25, 0.3) is 16.7 Å². The summed E-state index contributed by atoms with van der Waals surface area (Å²) in [5.74, 6) is 2.18. The number of aliphatic imine (C=N–C) groups is 1. The van der Waals surface area contributed by atoms with Gasteiger partial charge in [0.05, 0.1) is 23.9 Å². The van der Waals surface area contributed by atoms with Gasteiger partial charge in [-0.25, -0.2) is 4.98 Å². The number of fused-ring (bicyclic) bond motifs is 4. The minimum Gasteiger partial charge on any atom is -0.493 e. The van der Waals surface area contributed by atoms with Crippen molar-refractivity contribution in [3.63, 3.8) is 0 Å². The van der Waals surface area contributed by atoms with Crippen molar-refractivity contribution in [2.24, 2.45) is 4.99 Å². The van der Waals surface area contributed by atoms with Crippen LogP contribution >= 0.6 is 0 Å². The zero-order valence-corrected chi connectivity index (χ0v) is 22.2. The van der Waals surface area contributed by atoms with Gasteiger partial charge < -0.3 is 9.47 Å². The molecule has 6 rings (SSSR count). The van der Waals surface area contributed by atoms with E-state index in [1.54, 1.807) is 17.7 Å². The fraction of sp³-hybridized carbons (Fsp3) is 0.323. The molecule has 0 unspecified atom stereocenters. The van der Waals surface area contributed by atoms with Crippen molar-refractivity contribution in [1.82, 2.24) is 9.55 Å². The highest BCUT2D eigenvalue weighted by Gasteiger charge is 2.39. The van der Waals surface area contributed by atoms with Gasteiger partial charge in [-0.05, 0) is 76.4 Å². The first-order valence-corrected chi connectivity index (χ1v) is 12.7. The predicted octanol–water partition coefficient (Wildman–Crippen LogP) is 5.59. The lowest BCUT2D eigenvalue weighted by Gasteiger charge is -2.31. The Morgan fingerprint density at radius 2 is 1.81 bits per heavy atom. The van der Waals surface area contributed by atoms with Crippen LogP contribution in [0.4, 0.5) is 0 Å². The molecule has 2 aliphatic heterocycles. The number of ether oxygens (including phenoxy) is 2. The highest BCUT2D eigenvalue weighted by Crippen LogP contribution is 2.47. The van der Waals surface area contributed by atoms with E-state index in [9.17, 15) is 4.79 Å². The Bertz CT molecular complexity index is 1680. The van der Waals surface area contributed by atoms with Gasteiger partial charge in [-0.2, -0.15) is 0 Å². The summed E-state index contributed by atoms with van der Waals surface area (Å²) in [6.45, 7) is 10.5. The molecule has 37 heavy (non-hydrogen) atoms. The Balaban J connectivity index is 1.57. The van der Waals surface area contributed by atoms with Crippen LogP contribution in [0, 0.1) is 6.92 Å². The van der Waals surface area contributed by atoms with Crippen LogP contribution < -0.4 is 15.0 Å². The third-order valence-corrected chi connectivity index (χ3v) is 7.20. The van der Waals surface area contributed by atoms with Crippen LogP contribution in [0.2, 0.25) is 0 Å². The molecule has 0 fully saturated rings. The number of nitrogens with zero attached hydrogens (tertiary/aromatic N) is 3. The molecule has 0 atom stereocenters. The lowest BCUT2D eigenvalue weighted by molar-refractivity contribution is 0.134. The maximum absolute atomic E-state index is 13.1. The third-order valence-electron chi connectivity index (χ3n) is 7.20. The monoisotopic (exact) mass is 493 g/mol. The molecule has 4 heterocycles. The molecule has 2 aromatic carbocycles. The molecule has 0 amide bonds. The second kappa shape index (κ2) is 8.04. The molecule has 2 aromatic heterocycles. The molecule has 6 nitrogen and oxygen atoms in total. The van der Waals surface area contributed by atoms with Gasteiger partial charge in [-0.1, -0.05) is 18.2 Å². The van der Waals surface area contributed by atoms with E-state index in [1.165, 1.54) is 5.56 Å². The minimum atomic E-state index is -0.340. The largest absolute Gasteiger partial charge is 0.493 e. The quantitative estimate of drug-likeness (QED) is 0.373. The van der Waals surface area contributed by atoms with Gasteiger partial charge in [0, 0.05) is 40.8 Å². The van der Waals surface area contributed by atoms with Crippen molar-refractivity contribution < 1.29 is 9.47 Å². The van der Waals surface area contributed by atoms with Crippen LogP contribution in [-0.4, -0.2) is 33.5 Å². The van der Waals surface area contributed by atoms with Crippen LogP contribution in [0.15, 0.2) is 64.5 Å². The Kier molecular flexibility index (Phi) is 5.10. The number of benzene rings is 2. The number of hydrogen-bond donors (Lipinski definition) is 0. The zero-order chi connectivity index (χ0) is 26.1. The van der Waals surface area contributed by atoms with E-state index in [4.69, 9.17) is 19.5 Å². The fourth-order valence-electron chi connectivity index (χ4n) is 5.68. The Labute approximate surface area is 216 Å². The molecule has 0 radical (unpaired) electrons. The van der Waals surface area contributed by atoms with E-state index in [0.29, 0.717) is 5.82 Å². The maximum Gasteiger partial charge on any atom is 0.256 e. The smallest absolute Gasteiger partial charge is 0.256 e. The first-order valence-electron chi connectivity index (χ1n) is 12.7. The van der Waals surface area contributed by atoms with E-state index in [-0.39, 0.29) is 16.7 Å². The van der Waals surface area contributed by atoms with E-state index in [1.807, 2.05) is 43.5 Å². The van der Waals surface area contributed by atoms with Crippen LogP contribution in [0.1, 0.15) is 55.5 Å². The standard InChI is InChI=1S/C31H31N3O3/c1-18-13-19-9-7-8-10-23(19)32-29(18)34-17-20(11-12-25(34)35)27-26-21(15-30(2,3)33-27)14-24(36-6)28-22(26)16-31(4,5)37-28/h7-14,17H,15-16H2,1-6H3. The van der Waals surface area contributed by atoms with Gasteiger partial charge in [-0.15, -0.1) is 0 Å². The Morgan fingerprint density at radius 1 is 1.03 bits per heavy atom. The lowest BCUT2D eigenvalue weighted by atomic mass is 9.81. The first kappa shape index (κ1) is 23.5. The predicted molar refractivity (Wildman–Crippen MR) is 147 cm³/mol. The van der Waals surface area contributed by atoms with E-state index >= 15 is 0 Å². The summed E-state index contributed by atoms with van der Waals surface area (Å²) in [6, 6.07) is 15.6. The molecule has 0 bridgehead atoms. The van der Waals surface area contributed by atoms with Gasteiger partial charge in [0.1, 0.15) is 11.4 Å². The van der Waals surface area contributed by atoms with Crippen molar-refractivity contribution in [3.05, 3.63) is 92.9 Å². The molecular weight excluding hydrogens is 462 g/mol. The summed E-state index contributed by atoms with van der Waals surface area (Å²) in [5, 5.41) is 1.05. The molecule has 6 heteroatoms. The molecule has 0 saturated heterocycles. The summed E-state index contributed by atoms with van der Waals surface area (Å²) < 4.78 is 13.7. The second-order valence-electron chi connectivity index (χ2n) is 11.4. The number of hydrogen-bond acceptors (Lipinski definition) is 5. The molecule has 0 N–H and O–H groups in total. The minimum absolute atomic E-state index is 0.130. The van der Waals surface area contributed by atoms with Gasteiger partial charge in [0.2, 0.25) is 0 Å². The van der Waals surface area contributed by atoms with E-state index in [0.717, 1.165) is 63.2 Å². The molecule has 0 spiro atoms. The van der Waals surface area contributed by atoms with E-state index in [2.05, 4.69) is 39.8 Å². The van der Waals surface area contributed by atoms with Gasteiger partial charge in [-0.3, -0.25) is 14.4 Å². The summed E-state index contributed by atoms with van der Waals surface area (Å²) in [4.78, 5) is 23.2. The van der Waals surface area contributed by atoms with Crippen molar-refractivity contribution in [2.45, 2.75) is 58.6 Å². The highest BCUT2D eigenvalue weighted by atomic mass is 16.5. The second-order valence-corrected chi connectivity index (χ2v) is 11.4. The molecule has 0 saturated carbocycles. The summed E-state index contributed by atoms with van der Waals surface area (Å²) in [7, 11) is 1.69. The molecule has 188 valence electrons. The SMILES string of the molecule is COc1cc2c(c3c1OC(C)(C)C3)C(c1ccc(=O)n(-c3nc4ccccc4cc3C)c1)=NC(C)(C)C2. The van der Waals surface area contributed by atoms with Crippen molar-refractivity contribution in [2.75, 3.05) is 7.11 Å². The number of aryl methyl sites for hydroxylation is 1. The fourth-order valence-corrected chi connectivity index (χ4v) is 5.68. The van der Waals surface area contributed by atoms with Crippen LogP contribution in [0.5, 0.6) is 11.5 Å². The zero-order valence-electron chi connectivity index (χ0n) is 22.2. The number of aromatic nitrogens is 2. The average molecular weight is 494 g/mol. The molecular formula is C31H31N3O3. The number of rotatable bonds is 3. The van der Waals surface area contributed by atoms with Crippen molar-refractivity contribution in [3.8, 4) is 17.3 Å². The number of methoxy groups -OCH3 is 1. The van der Waals surface area contributed by atoms with Gasteiger partial charge in [0.15, 0.2) is 11.5 Å². The van der Waals surface area contributed by atoms with Crippen LogP contribution in [0.3, 0.4) is 0 Å². The topological polar surface area (TPSA) is 65.7 Å². The Hall–Kier alpha value is -3.93. The molecule has 2 aliphatic rings. The normalized spacial score (nSPS) is 17.1. The van der Waals surface area contributed by atoms with E-state index < -0.39 is 0 Å². The summed E-state index contributed by atoms with van der Waals surface area (Å²) in [5.41, 5.74) is 6.15. The first-order chi connectivity index (χ1) is 17.5. The Morgan fingerprint density at radius 3 is 2.59 bits per heavy atom. The van der Waals surface area contributed by atoms with Crippen molar-refractivity contribution in [1.29, 1.82) is 0 Å². The number of pyridine rings is 2. The lowest BCUT2D eigenvalue weighted by Crippen LogP contribution is -2.31. The van der Waals surface area contributed by atoms with Gasteiger partial charge >= 0.3 is 0 Å². The maximum atomic E-state index is 13.1. The van der Waals surface area contributed by atoms with Crippen molar-refractivity contribution >= 4 is 16.6 Å². The third kappa shape index (κ3) is 3.91. The van der Waals surface area contributed by atoms with Crippen LogP contribution in [-0.2, 0) is 12.8 Å². The summed E-state index contributed by atoms with van der Waals surface area (Å²) >= 11 is 0. The van der Waals surface area contributed by atoms with Gasteiger partial charge in [0.25, 0.3) is 5.56 Å². The number of para-hydroxylation sites is 1. The highest BCUT2D eigenvalue weighted by molar-refractivity contribution is 6.16. The summed E-state index contributed by atoms with van der Waals surface area (Å²) in [6.07, 6.45) is 3.43.